The van der Waals surface area contributed by atoms with Gasteiger partial charge in [-0.25, -0.2) is 4.79 Å². The maximum atomic E-state index is 12.3. The summed E-state index contributed by atoms with van der Waals surface area (Å²) in [4.78, 5) is 14.2. The van der Waals surface area contributed by atoms with E-state index in [0.29, 0.717) is 5.92 Å². The summed E-state index contributed by atoms with van der Waals surface area (Å²) in [6.07, 6.45) is 0.803. The zero-order valence-electron chi connectivity index (χ0n) is 14.8. The Morgan fingerprint density at radius 3 is 2.23 bits per heavy atom. The highest BCUT2D eigenvalue weighted by atomic mass is 16.7. The van der Waals surface area contributed by atoms with Gasteiger partial charge in [-0.15, -0.1) is 0 Å². The summed E-state index contributed by atoms with van der Waals surface area (Å²) >= 11 is 0. The van der Waals surface area contributed by atoms with Crippen LogP contribution in [0.25, 0.3) is 0 Å². The van der Waals surface area contributed by atoms with E-state index in [2.05, 4.69) is 27.7 Å². The summed E-state index contributed by atoms with van der Waals surface area (Å²) in [5.41, 5.74) is -1.08. The van der Waals surface area contributed by atoms with Crippen LogP contribution in [0.1, 0.15) is 54.9 Å². The van der Waals surface area contributed by atoms with Crippen molar-refractivity contribution in [1.29, 1.82) is 0 Å². The summed E-state index contributed by atoms with van der Waals surface area (Å²) in [7, 11) is -0.217. The van der Waals surface area contributed by atoms with E-state index in [1.807, 2.05) is 25.7 Å². The highest BCUT2D eigenvalue weighted by molar-refractivity contribution is 6.49. The van der Waals surface area contributed by atoms with E-state index < -0.39 is 5.60 Å². The fourth-order valence-corrected chi connectivity index (χ4v) is 3.56. The molecule has 6 heteroatoms. The Hall–Kier alpha value is -0.745. The minimum Gasteiger partial charge on any atom is -0.444 e. The number of hydrogen-bond acceptors (Lipinski definition) is 4. The number of nitrogens with zero attached hydrogens (tertiary/aromatic N) is 1. The van der Waals surface area contributed by atoms with E-state index in [9.17, 15) is 4.79 Å². The molecule has 0 spiro atoms. The first-order chi connectivity index (χ1) is 9.93. The number of rotatable bonds is 1. The molecule has 1 saturated carbocycles. The molecule has 1 amide bonds. The third-order valence-corrected chi connectivity index (χ3v) is 5.46. The zero-order valence-corrected chi connectivity index (χ0v) is 14.8. The lowest BCUT2D eigenvalue weighted by Crippen LogP contribution is -2.41. The molecule has 3 aliphatic rings. The maximum absolute atomic E-state index is 12.3. The van der Waals surface area contributed by atoms with Gasteiger partial charge in [0.15, 0.2) is 0 Å². The second-order valence-electron chi connectivity index (χ2n) is 8.82. The molecule has 22 heavy (non-hydrogen) atoms. The number of hydrogen-bond donors (Lipinski definition) is 0. The van der Waals surface area contributed by atoms with Crippen molar-refractivity contribution in [2.45, 2.75) is 83.5 Å². The van der Waals surface area contributed by atoms with Crippen molar-refractivity contribution in [2.75, 3.05) is 6.54 Å². The Morgan fingerprint density at radius 2 is 1.73 bits per heavy atom. The fraction of sp³-hybridized carbons (Fsp3) is 0.938. The van der Waals surface area contributed by atoms with E-state index in [4.69, 9.17) is 14.0 Å². The number of piperidine rings is 1. The average Bonchev–Trinajstić information content (AvgIpc) is 2.75. The van der Waals surface area contributed by atoms with Crippen molar-refractivity contribution in [3.8, 4) is 0 Å². The van der Waals surface area contributed by atoms with E-state index in [1.54, 1.807) is 0 Å². The van der Waals surface area contributed by atoms with Gasteiger partial charge in [-0.3, -0.25) is 0 Å². The molecule has 3 atom stereocenters. The minimum atomic E-state index is -0.454. The van der Waals surface area contributed by atoms with Gasteiger partial charge < -0.3 is 18.9 Å². The van der Waals surface area contributed by atoms with E-state index >= 15 is 0 Å². The lowest BCUT2D eigenvalue weighted by molar-refractivity contribution is 0.00578. The topological polar surface area (TPSA) is 48.0 Å². The molecule has 0 unspecified atom stereocenters. The van der Waals surface area contributed by atoms with Crippen LogP contribution in [0.5, 0.6) is 0 Å². The van der Waals surface area contributed by atoms with Crippen molar-refractivity contribution in [1.82, 2.24) is 4.90 Å². The molecule has 124 valence electrons. The summed E-state index contributed by atoms with van der Waals surface area (Å²) < 4.78 is 17.8. The highest BCUT2D eigenvalue weighted by Gasteiger charge is 2.69. The zero-order chi connectivity index (χ0) is 16.5. The Morgan fingerprint density at radius 1 is 1.18 bits per heavy atom. The summed E-state index contributed by atoms with van der Waals surface area (Å²) in [6, 6.07) is 0.213. The quantitative estimate of drug-likeness (QED) is 0.698. The van der Waals surface area contributed by atoms with Crippen LogP contribution in [-0.2, 0) is 14.0 Å². The van der Waals surface area contributed by atoms with Gasteiger partial charge in [0, 0.05) is 18.4 Å². The van der Waals surface area contributed by atoms with Crippen LogP contribution in [0.4, 0.5) is 4.79 Å². The molecule has 3 rings (SSSR count). The Bertz CT molecular complexity index is 469. The van der Waals surface area contributed by atoms with Gasteiger partial charge in [-0.2, -0.15) is 0 Å². The molecule has 2 heterocycles. The fourth-order valence-electron chi connectivity index (χ4n) is 3.56. The lowest BCUT2D eigenvalue weighted by Gasteiger charge is -2.32. The van der Waals surface area contributed by atoms with Crippen LogP contribution < -0.4 is 0 Å². The van der Waals surface area contributed by atoms with E-state index in [1.165, 1.54) is 0 Å². The minimum absolute atomic E-state index is 0.209. The van der Waals surface area contributed by atoms with Gasteiger partial charge in [0.25, 0.3) is 0 Å². The lowest BCUT2D eigenvalue weighted by atomic mass is 9.79. The van der Waals surface area contributed by atoms with Crippen LogP contribution in [0, 0.1) is 5.92 Å². The molecule has 2 saturated heterocycles. The van der Waals surface area contributed by atoms with E-state index in [0.717, 1.165) is 13.0 Å². The molecular formula is C16H28BNO4. The summed E-state index contributed by atoms with van der Waals surface area (Å²) in [5, 5.41) is 0. The number of ether oxygens (including phenoxy) is 1. The van der Waals surface area contributed by atoms with Crippen molar-refractivity contribution >= 4 is 13.2 Å². The normalized spacial score (nSPS) is 35.5. The Labute approximate surface area is 133 Å². The van der Waals surface area contributed by atoms with Gasteiger partial charge >= 0.3 is 13.2 Å². The molecule has 0 radical (unpaired) electrons. The molecule has 3 fully saturated rings. The number of amides is 1. The largest absolute Gasteiger partial charge is 0.463 e. The first kappa shape index (κ1) is 16.1. The maximum Gasteiger partial charge on any atom is 0.463 e. The predicted octanol–water partition coefficient (Wildman–Crippen LogP) is 3.09. The molecule has 0 aromatic rings. The van der Waals surface area contributed by atoms with Gasteiger partial charge in [-0.05, 0) is 60.8 Å². The first-order valence-corrected chi connectivity index (χ1v) is 8.28. The molecule has 0 N–H and O–H groups in total. The monoisotopic (exact) mass is 309 g/mol. The van der Waals surface area contributed by atoms with Crippen LogP contribution in [-0.4, -0.2) is 47.5 Å². The molecular weight excluding hydrogens is 281 g/mol. The SMILES string of the molecule is CC(C)(C)OC(=O)N1CC[C@@H]2[C@@H](B3OC(C)(C)C(C)(C)O3)[C@@H]21. The van der Waals surface area contributed by atoms with Crippen molar-refractivity contribution in [2.24, 2.45) is 5.92 Å². The standard InChI is InChI=1S/C16H28BNO4/c1-14(2,3)20-13(19)18-9-8-10-11(12(10)18)17-21-15(4,5)16(6,7)22-17/h10-12H,8-9H2,1-7H3/t10-,11-,12-/m1/s1. The Balaban J connectivity index is 1.65. The third-order valence-electron chi connectivity index (χ3n) is 5.46. The van der Waals surface area contributed by atoms with Crippen molar-refractivity contribution < 1.29 is 18.8 Å². The highest BCUT2D eigenvalue weighted by Crippen LogP contribution is 2.60. The molecule has 0 bridgehead atoms. The van der Waals surface area contributed by atoms with Crippen LogP contribution in [0.15, 0.2) is 0 Å². The van der Waals surface area contributed by atoms with Crippen molar-refractivity contribution in [3.05, 3.63) is 0 Å². The number of carbonyl (C=O) groups is 1. The second-order valence-corrected chi connectivity index (χ2v) is 8.82. The molecule has 0 aromatic carbocycles. The second kappa shape index (κ2) is 4.63. The Kier molecular flexibility index (Phi) is 3.40. The van der Waals surface area contributed by atoms with Gasteiger partial charge in [0.05, 0.1) is 11.2 Å². The molecule has 2 aliphatic heterocycles. The van der Waals surface area contributed by atoms with Gasteiger partial charge in [0.1, 0.15) is 5.60 Å². The van der Waals surface area contributed by atoms with Crippen LogP contribution in [0.2, 0.25) is 5.82 Å². The summed E-state index contributed by atoms with van der Waals surface area (Å²) in [6.45, 7) is 14.7. The summed E-state index contributed by atoms with van der Waals surface area (Å²) in [5.74, 6) is 0.768. The predicted molar refractivity (Wildman–Crippen MR) is 84.7 cm³/mol. The van der Waals surface area contributed by atoms with Gasteiger partial charge in [0.2, 0.25) is 0 Å². The van der Waals surface area contributed by atoms with Crippen LogP contribution >= 0.6 is 0 Å². The van der Waals surface area contributed by atoms with Gasteiger partial charge in [-0.1, -0.05) is 0 Å². The molecule has 5 nitrogen and oxygen atoms in total. The number of carbonyl (C=O) groups excluding carboxylic acids is 1. The van der Waals surface area contributed by atoms with E-state index in [-0.39, 0.29) is 36.3 Å². The average molecular weight is 309 g/mol. The molecule has 1 aliphatic carbocycles. The van der Waals surface area contributed by atoms with Crippen molar-refractivity contribution in [3.63, 3.8) is 0 Å². The number of fused-ring (bicyclic) bond motifs is 1. The first-order valence-electron chi connectivity index (χ1n) is 8.28. The van der Waals surface area contributed by atoms with Crippen LogP contribution in [0.3, 0.4) is 0 Å². The molecule has 0 aromatic heterocycles. The smallest absolute Gasteiger partial charge is 0.444 e. The third kappa shape index (κ3) is 2.54. The number of likely N-dealkylation sites (tertiary alicyclic amines) is 1.